The third-order valence-electron chi connectivity index (χ3n) is 4.42. The van der Waals surface area contributed by atoms with Crippen molar-refractivity contribution in [3.8, 4) is 0 Å². The highest BCUT2D eigenvalue weighted by Gasteiger charge is 2.41. The first-order valence-electron chi connectivity index (χ1n) is 8.32. The molecule has 1 N–H and O–H groups in total. The monoisotopic (exact) mass is 388 g/mol. The van der Waals surface area contributed by atoms with E-state index in [0.29, 0.717) is 16.3 Å². The van der Waals surface area contributed by atoms with Crippen LogP contribution in [-0.2, 0) is 9.59 Å². The van der Waals surface area contributed by atoms with Crippen molar-refractivity contribution in [2.75, 3.05) is 25.1 Å². The molecule has 1 heterocycles. The van der Waals surface area contributed by atoms with Gasteiger partial charge in [0, 0.05) is 18.6 Å². The molecule has 0 aliphatic carbocycles. The predicted octanol–water partition coefficient (Wildman–Crippen LogP) is 3.00. The second kappa shape index (κ2) is 7.50. The first kappa shape index (κ1) is 19.1. The molecule has 0 unspecified atom stereocenters. The summed E-state index contributed by atoms with van der Waals surface area (Å²) in [6, 6.07) is 10.3. The zero-order chi connectivity index (χ0) is 19.7. The van der Waals surface area contributed by atoms with Crippen LogP contribution in [-0.4, -0.2) is 42.0 Å². The summed E-state index contributed by atoms with van der Waals surface area (Å²) in [4.78, 5) is 28.8. The van der Waals surface area contributed by atoms with Crippen molar-refractivity contribution in [3.63, 3.8) is 0 Å². The summed E-state index contributed by atoms with van der Waals surface area (Å²) < 4.78 is 13.3. The molecular formula is C20H18ClFN2O3. The molecule has 0 bridgehead atoms. The lowest BCUT2D eigenvalue weighted by atomic mass is 10.0. The lowest BCUT2D eigenvalue weighted by Crippen LogP contribution is -2.34. The Hall–Kier alpha value is -2.70. The van der Waals surface area contributed by atoms with Crippen LogP contribution in [0.4, 0.5) is 10.1 Å². The van der Waals surface area contributed by atoms with Crippen LogP contribution in [0, 0.1) is 12.7 Å². The van der Waals surface area contributed by atoms with Crippen LogP contribution in [0.15, 0.2) is 48.2 Å². The first-order chi connectivity index (χ1) is 12.8. The number of carbonyl (C=O) groups excluding carboxylic acids is 2. The summed E-state index contributed by atoms with van der Waals surface area (Å²) in [5, 5.41) is 9.69. The van der Waals surface area contributed by atoms with Gasteiger partial charge in [-0.2, -0.15) is 0 Å². The van der Waals surface area contributed by atoms with Gasteiger partial charge in [0.15, 0.2) is 0 Å². The molecule has 7 heteroatoms. The van der Waals surface area contributed by atoms with Crippen molar-refractivity contribution in [3.05, 3.63) is 70.1 Å². The highest BCUT2D eigenvalue weighted by molar-refractivity contribution is 6.45. The number of likely N-dealkylation sites (N-methyl/N-ethyl adjacent to an activating group) is 1. The van der Waals surface area contributed by atoms with E-state index in [1.54, 1.807) is 25.2 Å². The molecule has 5 nitrogen and oxygen atoms in total. The number of hydrogen-bond acceptors (Lipinski definition) is 4. The van der Waals surface area contributed by atoms with E-state index in [1.165, 1.54) is 29.2 Å². The minimum absolute atomic E-state index is 0.150. The molecule has 2 aromatic rings. The predicted molar refractivity (Wildman–Crippen MR) is 102 cm³/mol. The van der Waals surface area contributed by atoms with E-state index >= 15 is 0 Å². The van der Waals surface area contributed by atoms with Gasteiger partial charge >= 0.3 is 0 Å². The maximum Gasteiger partial charge on any atom is 0.282 e. The standard InChI is InChI=1S/C20H18ClFN2O3/c1-12-3-8-15(11-16(12)21)24-19(26)17(13-4-6-14(22)7-5-13)18(20(24)27)23(2)9-10-25/h3-8,11,25H,9-10H2,1-2H3. The van der Waals surface area contributed by atoms with Gasteiger partial charge in [-0.05, 0) is 42.3 Å². The van der Waals surface area contributed by atoms with Gasteiger partial charge in [-0.15, -0.1) is 0 Å². The molecule has 0 aromatic heterocycles. The van der Waals surface area contributed by atoms with Gasteiger partial charge in [0.05, 0.1) is 17.9 Å². The molecule has 140 valence electrons. The molecule has 0 fully saturated rings. The topological polar surface area (TPSA) is 60.9 Å². The molecule has 0 spiro atoms. The smallest absolute Gasteiger partial charge is 0.282 e. The Morgan fingerprint density at radius 2 is 1.78 bits per heavy atom. The maximum atomic E-state index is 13.3. The number of imide groups is 1. The molecule has 0 saturated heterocycles. The van der Waals surface area contributed by atoms with Crippen LogP contribution in [0.5, 0.6) is 0 Å². The minimum Gasteiger partial charge on any atom is -0.395 e. The van der Waals surface area contributed by atoms with E-state index in [2.05, 4.69) is 0 Å². The van der Waals surface area contributed by atoms with Crippen LogP contribution >= 0.6 is 11.6 Å². The number of halogens is 2. The van der Waals surface area contributed by atoms with Crippen LogP contribution < -0.4 is 4.90 Å². The molecular weight excluding hydrogens is 371 g/mol. The number of aliphatic hydroxyl groups is 1. The fourth-order valence-electron chi connectivity index (χ4n) is 2.97. The van der Waals surface area contributed by atoms with Crippen LogP contribution in [0.1, 0.15) is 11.1 Å². The van der Waals surface area contributed by atoms with E-state index < -0.39 is 17.6 Å². The molecule has 0 radical (unpaired) electrons. The van der Waals surface area contributed by atoms with Gasteiger partial charge in [0.25, 0.3) is 11.8 Å². The number of aliphatic hydroxyl groups excluding tert-OH is 1. The fraction of sp³-hybridized carbons (Fsp3) is 0.200. The number of hydrogen-bond donors (Lipinski definition) is 1. The average Bonchev–Trinajstić information content (AvgIpc) is 2.89. The highest BCUT2D eigenvalue weighted by Crippen LogP contribution is 2.35. The Labute approximate surface area is 161 Å². The van der Waals surface area contributed by atoms with Crippen molar-refractivity contribution >= 4 is 34.7 Å². The number of carbonyl (C=O) groups is 2. The minimum atomic E-state index is -0.522. The second-order valence-corrected chi connectivity index (χ2v) is 6.66. The molecule has 1 aliphatic rings. The normalized spacial score (nSPS) is 14.3. The third kappa shape index (κ3) is 3.46. The van der Waals surface area contributed by atoms with Crippen LogP contribution in [0.25, 0.3) is 5.57 Å². The number of nitrogens with zero attached hydrogens (tertiary/aromatic N) is 2. The van der Waals surface area contributed by atoms with E-state index in [9.17, 15) is 19.1 Å². The lowest BCUT2D eigenvalue weighted by molar-refractivity contribution is -0.120. The maximum absolute atomic E-state index is 13.3. The number of amides is 2. The molecule has 2 amide bonds. The van der Waals surface area contributed by atoms with Gasteiger partial charge < -0.3 is 10.0 Å². The van der Waals surface area contributed by atoms with Crippen LogP contribution in [0.2, 0.25) is 5.02 Å². The summed E-state index contributed by atoms with van der Waals surface area (Å²) >= 11 is 6.16. The summed E-state index contributed by atoms with van der Waals surface area (Å²) in [5.74, 6) is -1.48. The molecule has 2 aromatic carbocycles. The summed E-state index contributed by atoms with van der Waals surface area (Å²) in [6.07, 6.45) is 0. The third-order valence-corrected chi connectivity index (χ3v) is 4.83. The molecule has 27 heavy (non-hydrogen) atoms. The Kier molecular flexibility index (Phi) is 5.30. The molecule has 1 aliphatic heterocycles. The zero-order valence-corrected chi connectivity index (χ0v) is 15.6. The largest absolute Gasteiger partial charge is 0.395 e. The zero-order valence-electron chi connectivity index (χ0n) is 14.9. The second-order valence-electron chi connectivity index (χ2n) is 6.25. The van der Waals surface area contributed by atoms with Gasteiger partial charge in [-0.3, -0.25) is 9.59 Å². The van der Waals surface area contributed by atoms with Crippen molar-refractivity contribution in [1.82, 2.24) is 4.90 Å². The van der Waals surface area contributed by atoms with E-state index in [-0.39, 0.29) is 24.4 Å². The van der Waals surface area contributed by atoms with Gasteiger partial charge in [0.2, 0.25) is 0 Å². The Morgan fingerprint density at radius 1 is 1.11 bits per heavy atom. The SMILES string of the molecule is Cc1ccc(N2C(=O)C(c3ccc(F)cc3)=C(N(C)CCO)C2=O)cc1Cl. The van der Waals surface area contributed by atoms with Crippen molar-refractivity contribution < 1.29 is 19.1 Å². The fourth-order valence-corrected chi connectivity index (χ4v) is 3.14. The van der Waals surface area contributed by atoms with Crippen molar-refractivity contribution in [1.29, 1.82) is 0 Å². The van der Waals surface area contributed by atoms with E-state index in [0.717, 1.165) is 10.5 Å². The van der Waals surface area contributed by atoms with Gasteiger partial charge in [-0.1, -0.05) is 29.8 Å². The number of benzene rings is 2. The van der Waals surface area contributed by atoms with Crippen molar-refractivity contribution in [2.45, 2.75) is 6.92 Å². The van der Waals surface area contributed by atoms with Crippen molar-refractivity contribution in [2.24, 2.45) is 0 Å². The quantitative estimate of drug-likeness (QED) is 0.800. The van der Waals surface area contributed by atoms with E-state index in [4.69, 9.17) is 11.6 Å². The Balaban J connectivity index is 2.13. The number of rotatable bonds is 5. The Bertz CT molecular complexity index is 941. The molecule has 0 atom stereocenters. The Morgan fingerprint density at radius 3 is 2.37 bits per heavy atom. The van der Waals surface area contributed by atoms with Gasteiger partial charge in [-0.25, -0.2) is 9.29 Å². The van der Waals surface area contributed by atoms with Gasteiger partial charge in [0.1, 0.15) is 11.5 Å². The van der Waals surface area contributed by atoms with E-state index in [1.807, 2.05) is 6.92 Å². The van der Waals surface area contributed by atoms with Crippen LogP contribution in [0.3, 0.4) is 0 Å². The summed E-state index contributed by atoms with van der Waals surface area (Å²) in [6.45, 7) is 1.80. The number of aryl methyl sites for hydroxylation is 1. The number of anilines is 1. The summed E-state index contributed by atoms with van der Waals surface area (Å²) in [5.41, 5.74) is 1.91. The average molecular weight is 389 g/mol. The highest BCUT2D eigenvalue weighted by atomic mass is 35.5. The molecule has 3 rings (SSSR count). The first-order valence-corrected chi connectivity index (χ1v) is 8.70. The molecule has 0 saturated carbocycles. The lowest BCUT2D eigenvalue weighted by Gasteiger charge is -2.20. The summed E-state index contributed by atoms with van der Waals surface area (Å²) in [7, 11) is 1.62.